The van der Waals surface area contributed by atoms with Crippen LogP contribution in [0.5, 0.6) is 0 Å². The fourth-order valence-corrected chi connectivity index (χ4v) is 0.379. The first-order valence-corrected chi connectivity index (χ1v) is 2.86. The Morgan fingerprint density at radius 3 is 2.57 bits per heavy atom. The van der Waals surface area contributed by atoms with Gasteiger partial charge in [-0.25, -0.2) is 4.21 Å². The molecule has 0 aliphatic rings. The molecule has 0 aliphatic carbocycles. The molecule has 0 aromatic rings. The van der Waals surface area contributed by atoms with Crippen molar-refractivity contribution in [1.29, 1.82) is 0 Å². The molecule has 3 nitrogen and oxygen atoms in total. The summed E-state index contributed by atoms with van der Waals surface area (Å²) in [5.74, 6) is 0. The SMILES string of the molecule is CC=CNS(=O)O. The van der Waals surface area contributed by atoms with Gasteiger partial charge in [0.1, 0.15) is 0 Å². The molecule has 0 bridgehead atoms. The number of rotatable bonds is 2. The molecule has 1 unspecified atom stereocenters. The van der Waals surface area contributed by atoms with Crippen molar-refractivity contribution in [2.24, 2.45) is 0 Å². The third-order valence-corrected chi connectivity index (χ3v) is 0.673. The van der Waals surface area contributed by atoms with Crippen molar-refractivity contribution in [2.75, 3.05) is 0 Å². The van der Waals surface area contributed by atoms with Crippen molar-refractivity contribution >= 4 is 11.3 Å². The van der Waals surface area contributed by atoms with E-state index in [-0.39, 0.29) is 0 Å². The van der Waals surface area contributed by atoms with Crippen LogP contribution >= 0.6 is 0 Å². The largest absolute Gasteiger partial charge is 0.290 e. The van der Waals surface area contributed by atoms with Gasteiger partial charge < -0.3 is 0 Å². The Bertz CT molecular complexity index is 90.9. The standard InChI is InChI=1S/C3H7NO2S/c1-2-3-4-7(5)6/h2-4H,1H3,(H,5,6). The van der Waals surface area contributed by atoms with Crippen LogP contribution in [0.25, 0.3) is 0 Å². The van der Waals surface area contributed by atoms with Crippen LogP contribution in [-0.2, 0) is 11.3 Å². The summed E-state index contributed by atoms with van der Waals surface area (Å²) in [7, 11) is 0. The van der Waals surface area contributed by atoms with Gasteiger partial charge in [0, 0.05) is 6.20 Å². The molecule has 42 valence electrons. The van der Waals surface area contributed by atoms with Crippen molar-refractivity contribution in [1.82, 2.24) is 4.72 Å². The molecule has 0 radical (unpaired) electrons. The average Bonchev–Trinajstić information content (AvgIpc) is 1.61. The van der Waals surface area contributed by atoms with Crippen LogP contribution in [0.2, 0.25) is 0 Å². The highest BCUT2D eigenvalue weighted by molar-refractivity contribution is 7.77. The third kappa shape index (κ3) is 5.65. The Morgan fingerprint density at radius 2 is 2.43 bits per heavy atom. The van der Waals surface area contributed by atoms with Crippen LogP contribution in [0.15, 0.2) is 12.3 Å². The smallest absolute Gasteiger partial charge is 0.258 e. The van der Waals surface area contributed by atoms with Gasteiger partial charge in [-0.15, -0.1) is 0 Å². The quantitative estimate of drug-likeness (QED) is 0.514. The monoisotopic (exact) mass is 121 g/mol. The predicted molar refractivity (Wildman–Crippen MR) is 28.7 cm³/mol. The lowest BCUT2D eigenvalue weighted by atomic mass is 10.7. The van der Waals surface area contributed by atoms with Crippen molar-refractivity contribution in [3.8, 4) is 0 Å². The fourth-order valence-electron chi connectivity index (χ4n) is 0.126. The second-order valence-corrected chi connectivity index (χ2v) is 1.60. The van der Waals surface area contributed by atoms with E-state index < -0.39 is 11.3 Å². The lowest BCUT2D eigenvalue weighted by Gasteiger charge is -1.85. The molecular formula is C3H7NO2S. The molecule has 0 fully saturated rings. The first-order valence-electron chi connectivity index (χ1n) is 1.75. The van der Waals surface area contributed by atoms with Gasteiger partial charge >= 0.3 is 0 Å². The normalized spacial score (nSPS) is 14.6. The minimum atomic E-state index is -1.90. The van der Waals surface area contributed by atoms with E-state index in [0.29, 0.717) is 0 Å². The summed E-state index contributed by atoms with van der Waals surface area (Å²) in [6, 6.07) is 0. The molecule has 0 aliphatic heterocycles. The molecule has 2 N–H and O–H groups in total. The van der Waals surface area contributed by atoms with Gasteiger partial charge in [0.2, 0.25) is 0 Å². The van der Waals surface area contributed by atoms with E-state index in [2.05, 4.69) is 4.72 Å². The van der Waals surface area contributed by atoms with Crippen molar-refractivity contribution in [3.05, 3.63) is 12.3 Å². The molecule has 7 heavy (non-hydrogen) atoms. The molecular weight excluding hydrogens is 114 g/mol. The Kier molecular flexibility index (Phi) is 3.64. The summed E-state index contributed by atoms with van der Waals surface area (Å²) < 4.78 is 19.8. The molecule has 1 atom stereocenters. The van der Waals surface area contributed by atoms with Gasteiger partial charge in [-0.1, -0.05) is 6.08 Å². The van der Waals surface area contributed by atoms with Gasteiger partial charge in [-0.3, -0.25) is 9.27 Å². The average molecular weight is 121 g/mol. The lowest BCUT2D eigenvalue weighted by molar-refractivity contribution is 0.558. The zero-order valence-electron chi connectivity index (χ0n) is 3.92. The highest BCUT2D eigenvalue weighted by Gasteiger charge is 1.76. The molecule has 0 saturated heterocycles. The molecule has 0 heterocycles. The molecule has 0 amide bonds. The van der Waals surface area contributed by atoms with Crippen LogP contribution < -0.4 is 4.72 Å². The summed E-state index contributed by atoms with van der Waals surface area (Å²) in [6.07, 6.45) is 3.03. The van der Waals surface area contributed by atoms with E-state index in [1.54, 1.807) is 13.0 Å². The van der Waals surface area contributed by atoms with E-state index in [1.165, 1.54) is 6.20 Å². The maximum absolute atomic E-state index is 9.71. The van der Waals surface area contributed by atoms with Crippen LogP contribution in [0, 0.1) is 0 Å². The van der Waals surface area contributed by atoms with E-state index in [0.717, 1.165) is 0 Å². The van der Waals surface area contributed by atoms with Gasteiger partial charge in [-0.2, -0.15) is 0 Å². The first-order chi connectivity index (χ1) is 3.27. The molecule has 0 aromatic heterocycles. The third-order valence-electron chi connectivity index (χ3n) is 0.336. The highest BCUT2D eigenvalue weighted by Crippen LogP contribution is 1.63. The fraction of sp³-hybridized carbons (Fsp3) is 0.333. The van der Waals surface area contributed by atoms with Crippen LogP contribution in [0.3, 0.4) is 0 Å². The Hall–Kier alpha value is -0.350. The maximum Gasteiger partial charge on any atom is 0.258 e. The van der Waals surface area contributed by atoms with Gasteiger partial charge in [0.15, 0.2) is 0 Å². The number of nitrogens with one attached hydrogen (secondary N) is 1. The molecule has 0 aromatic carbocycles. The van der Waals surface area contributed by atoms with Crippen LogP contribution in [0.4, 0.5) is 0 Å². The van der Waals surface area contributed by atoms with E-state index in [9.17, 15) is 4.21 Å². The van der Waals surface area contributed by atoms with E-state index in [1.807, 2.05) is 0 Å². The number of hydrogen-bond donors (Lipinski definition) is 2. The Labute approximate surface area is 44.8 Å². The van der Waals surface area contributed by atoms with Crippen molar-refractivity contribution < 1.29 is 8.76 Å². The van der Waals surface area contributed by atoms with Crippen molar-refractivity contribution in [2.45, 2.75) is 6.92 Å². The zero-order chi connectivity index (χ0) is 5.70. The first kappa shape index (κ1) is 6.65. The second kappa shape index (κ2) is 3.83. The van der Waals surface area contributed by atoms with E-state index in [4.69, 9.17) is 4.55 Å². The number of hydrogen-bond acceptors (Lipinski definition) is 1. The second-order valence-electron chi connectivity index (χ2n) is 0.867. The van der Waals surface area contributed by atoms with E-state index >= 15 is 0 Å². The van der Waals surface area contributed by atoms with Gasteiger partial charge in [0.25, 0.3) is 11.3 Å². The van der Waals surface area contributed by atoms with Crippen LogP contribution in [-0.4, -0.2) is 8.76 Å². The molecule has 0 saturated carbocycles. The zero-order valence-corrected chi connectivity index (χ0v) is 4.73. The van der Waals surface area contributed by atoms with Gasteiger partial charge in [-0.05, 0) is 6.92 Å². The van der Waals surface area contributed by atoms with Gasteiger partial charge in [0.05, 0.1) is 0 Å². The summed E-state index contributed by atoms with van der Waals surface area (Å²) in [6.45, 7) is 1.75. The Balaban J connectivity index is 3.14. The van der Waals surface area contributed by atoms with Crippen LogP contribution in [0.1, 0.15) is 6.92 Å². The number of allylic oxidation sites excluding steroid dienone is 1. The van der Waals surface area contributed by atoms with Crippen molar-refractivity contribution in [3.63, 3.8) is 0 Å². The minimum absolute atomic E-state index is 1.40. The Morgan fingerprint density at radius 1 is 1.86 bits per heavy atom. The predicted octanol–water partition coefficient (Wildman–Crippen LogP) is 0.246. The summed E-state index contributed by atoms with van der Waals surface area (Å²) in [5.41, 5.74) is 0. The maximum atomic E-state index is 9.71. The minimum Gasteiger partial charge on any atom is -0.290 e. The summed E-state index contributed by atoms with van der Waals surface area (Å²) in [4.78, 5) is 0. The summed E-state index contributed by atoms with van der Waals surface area (Å²) >= 11 is -1.90. The lowest BCUT2D eigenvalue weighted by Crippen LogP contribution is -2.06. The summed E-state index contributed by atoms with van der Waals surface area (Å²) in [5, 5.41) is 0. The molecule has 0 rings (SSSR count). The molecule has 0 spiro atoms. The highest BCUT2D eigenvalue weighted by atomic mass is 32.2. The topological polar surface area (TPSA) is 49.3 Å². The molecule has 4 heteroatoms.